The average Bonchev–Trinajstić information content (AvgIpc) is 3.36. The van der Waals surface area contributed by atoms with Gasteiger partial charge in [-0.25, -0.2) is 18.7 Å². The molecule has 0 aromatic carbocycles. The molecule has 3 atom stereocenters. The van der Waals surface area contributed by atoms with Crippen molar-refractivity contribution in [2.24, 2.45) is 0 Å². The molecule has 0 spiro atoms. The van der Waals surface area contributed by atoms with Crippen molar-refractivity contribution in [2.75, 3.05) is 11.9 Å². The van der Waals surface area contributed by atoms with E-state index in [-0.39, 0.29) is 12.6 Å². The summed E-state index contributed by atoms with van der Waals surface area (Å²) in [5.41, 5.74) is 1.16. The molecule has 4 rings (SSSR count). The van der Waals surface area contributed by atoms with Crippen molar-refractivity contribution in [3.05, 3.63) is 34.8 Å². The Labute approximate surface area is 173 Å². The van der Waals surface area contributed by atoms with E-state index in [2.05, 4.69) is 46.8 Å². The largest absolute Gasteiger partial charge is 0.441 e. The molecule has 3 N–H and O–H groups in total. The molecule has 1 aliphatic heterocycles. The van der Waals surface area contributed by atoms with Crippen LogP contribution in [0, 0.1) is 0 Å². The Bertz CT molecular complexity index is 1020. The number of nitrogens with one attached hydrogen (secondary N) is 3. The molecule has 12 heteroatoms. The number of H-pyrrole nitrogens is 1. The zero-order valence-corrected chi connectivity index (χ0v) is 17.2. The van der Waals surface area contributed by atoms with E-state index in [9.17, 15) is 9.18 Å². The van der Waals surface area contributed by atoms with E-state index in [0.717, 1.165) is 9.99 Å². The van der Waals surface area contributed by atoms with Crippen LogP contribution in [0.2, 0.25) is 0 Å². The second kappa shape index (κ2) is 7.95. The summed E-state index contributed by atoms with van der Waals surface area (Å²) in [5.74, 6) is 0.969. The van der Waals surface area contributed by atoms with Crippen LogP contribution in [-0.4, -0.2) is 55.8 Å². The van der Waals surface area contributed by atoms with Crippen molar-refractivity contribution < 1.29 is 18.7 Å². The van der Waals surface area contributed by atoms with Gasteiger partial charge in [0.25, 0.3) is 0 Å². The minimum absolute atomic E-state index is 0.0389. The predicted octanol–water partition coefficient (Wildman–Crippen LogP) is 2.87. The highest BCUT2D eigenvalue weighted by Crippen LogP contribution is 2.34. The number of alkyl halides is 1. The van der Waals surface area contributed by atoms with Gasteiger partial charge in [0.15, 0.2) is 23.9 Å². The fraction of sp³-hybridized carbons (Fsp3) is 0.412. The van der Waals surface area contributed by atoms with Gasteiger partial charge in [0.1, 0.15) is 11.6 Å². The Morgan fingerprint density at radius 2 is 2.34 bits per heavy atom. The summed E-state index contributed by atoms with van der Waals surface area (Å²) < 4.78 is 27.8. The lowest BCUT2D eigenvalue weighted by Gasteiger charge is -2.16. The predicted molar refractivity (Wildman–Crippen MR) is 105 cm³/mol. The molecule has 0 saturated carbocycles. The van der Waals surface area contributed by atoms with Gasteiger partial charge in [0.2, 0.25) is 0 Å². The van der Waals surface area contributed by atoms with Gasteiger partial charge in [-0.1, -0.05) is 0 Å². The number of carbonyl (C=O) groups excluding carboxylic acids is 1. The Morgan fingerprint density at radius 1 is 1.52 bits per heavy atom. The van der Waals surface area contributed by atoms with Gasteiger partial charge in [0, 0.05) is 24.5 Å². The van der Waals surface area contributed by atoms with E-state index < -0.39 is 24.5 Å². The number of carbonyl (C=O) groups is 1. The van der Waals surface area contributed by atoms with Crippen LogP contribution in [0.4, 0.5) is 20.8 Å². The standard InChI is InChI=1S/C17H19BrFN7O3/c1-8(2)22-17(27)29-11-7-28-15(13(11)19)10-5-12(25-24-10)23-16-14-9(18)6-21-26(14)4-3-20-16/h3-6,8,11,13,15H,7H2,1-2H3,(H,22,27)(H2,20,23,24,25)/t11-,13+,15-/m1/s1. The van der Waals surface area contributed by atoms with E-state index in [0.29, 0.717) is 17.3 Å². The molecule has 1 amide bonds. The Kier molecular flexibility index (Phi) is 5.37. The van der Waals surface area contributed by atoms with Gasteiger partial charge >= 0.3 is 6.09 Å². The number of alkyl carbamates (subject to hydrolysis) is 1. The smallest absolute Gasteiger partial charge is 0.407 e. The zero-order valence-electron chi connectivity index (χ0n) is 15.6. The summed E-state index contributed by atoms with van der Waals surface area (Å²) in [6, 6.07) is 1.53. The molecule has 0 unspecified atom stereocenters. The van der Waals surface area contributed by atoms with Crippen molar-refractivity contribution >= 4 is 39.2 Å². The number of nitrogens with zero attached hydrogens (tertiary/aromatic N) is 4. The monoisotopic (exact) mass is 467 g/mol. The third-order valence-corrected chi connectivity index (χ3v) is 4.87. The number of anilines is 2. The molecule has 3 aromatic heterocycles. The number of hydrogen-bond donors (Lipinski definition) is 3. The Morgan fingerprint density at radius 3 is 3.14 bits per heavy atom. The SMILES string of the molecule is CC(C)NC(=O)O[C@@H]1CO[C@H](c2cc(Nc3nccn4ncc(Br)c34)n[nH]2)[C@H]1F. The molecule has 4 heterocycles. The Hall–Kier alpha value is -2.73. The first-order valence-electron chi connectivity index (χ1n) is 8.95. The summed E-state index contributed by atoms with van der Waals surface area (Å²) >= 11 is 3.43. The number of rotatable bonds is 5. The molecule has 10 nitrogen and oxygen atoms in total. The maximum atomic E-state index is 14.8. The van der Waals surface area contributed by atoms with Gasteiger partial charge in [-0.15, -0.1) is 0 Å². The third kappa shape index (κ3) is 4.03. The van der Waals surface area contributed by atoms with Crippen LogP contribution in [0.5, 0.6) is 0 Å². The average molecular weight is 468 g/mol. The zero-order chi connectivity index (χ0) is 20.5. The lowest BCUT2D eigenvalue weighted by Crippen LogP contribution is -2.36. The number of ether oxygens (including phenoxy) is 2. The van der Waals surface area contributed by atoms with Gasteiger partial charge in [0.05, 0.1) is 23.0 Å². The van der Waals surface area contributed by atoms with Crippen LogP contribution >= 0.6 is 15.9 Å². The molecular formula is C17H19BrFN7O3. The second-order valence-corrected chi connectivity index (χ2v) is 7.69. The van der Waals surface area contributed by atoms with Crippen LogP contribution in [0.25, 0.3) is 5.52 Å². The molecule has 3 aromatic rings. The van der Waals surface area contributed by atoms with Crippen LogP contribution in [0.15, 0.2) is 29.1 Å². The summed E-state index contributed by atoms with van der Waals surface area (Å²) in [4.78, 5) is 16.0. The fourth-order valence-corrected chi connectivity index (χ4v) is 3.47. The van der Waals surface area contributed by atoms with Gasteiger partial charge in [-0.3, -0.25) is 5.10 Å². The molecule has 0 aliphatic carbocycles. The highest BCUT2D eigenvalue weighted by atomic mass is 79.9. The van der Waals surface area contributed by atoms with E-state index in [1.165, 1.54) is 0 Å². The van der Waals surface area contributed by atoms with Crippen LogP contribution < -0.4 is 10.6 Å². The molecule has 29 heavy (non-hydrogen) atoms. The fourth-order valence-electron chi connectivity index (χ4n) is 3.01. The number of amides is 1. The number of aromatic nitrogens is 5. The third-order valence-electron chi connectivity index (χ3n) is 4.29. The highest BCUT2D eigenvalue weighted by Gasteiger charge is 2.42. The lowest BCUT2D eigenvalue weighted by molar-refractivity contribution is 0.0615. The van der Waals surface area contributed by atoms with Crippen LogP contribution in [-0.2, 0) is 9.47 Å². The molecule has 1 saturated heterocycles. The first kappa shape index (κ1) is 19.6. The quantitative estimate of drug-likeness (QED) is 0.527. The maximum Gasteiger partial charge on any atom is 0.407 e. The second-order valence-electron chi connectivity index (χ2n) is 6.84. The number of aromatic amines is 1. The van der Waals surface area contributed by atoms with Crippen molar-refractivity contribution in [3.63, 3.8) is 0 Å². The topological polar surface area (TPSA) is 118 Å². The molecule has 0 bridgehead atoms. The summed E-state index contributed by atoms with van der Waals surface area (Å²) in [6.07, 6.45) is 0.882. The first-order chi connectivity index (χ1) is 13.9. The minimum atomic E-state index is -1.52. The lowest BCUT2D eigenvalue weighted by atomic mass is 10.1. The molecular weight excluding hydrogens is 449 g/mol. The normalized spacial score (nSPS) is 21.6. The van der Waals surface area contributed by atoms with Gasteiger partial charge < -0.3 is 20.1 Å². The van der Waals surface area contributed by atoms with Crippen molar-refractivity contribution in [1.82, 2.24) is 30.1 Å². The van der Waals surface area contributed by atoms with Gasteiger partial charge in [-0.05, 0) is 29.8 Å². The van der Waals surface area contributed by atoms with Crippen molar-refractivity contribution in [3.8, 4) is 0 Å². The molecule has 154 valence electrons. The summed E-state index contributed by atoms with van der Waals surface area (Å²) in [5, 5.41) is 16.7. The molecule has 1 aliphatic rings. The molecule has 0 radical (unpaired) electrons. The summed E-state index contributed by atoms with van der Waals surface area (Å²) in [7, 11) is 0. The van der Waals surface area contributed by atoms with Gasteiger partial charge in [-0.2, -0.15) is 10.2 Å². The van der Waals surface area contributed by atoms with Crippen molar-refractivity contribution in [1.29, 1.82) is 0 Å². The van der Waals surface area contributed by atoms with E-state index in [1.54, 1.807) is 43.0 Å². The number of hydrogen-bond acceptors (Lipinski definition) is 7. The summed E-state index contributed by atoms with van der Waals surface area (Å²) in [6.45, 7) is 3.54. The first-order valence-corrected chi connectivity index (χ1v) is 9.74. The highest BCUT2D eigenvalue weighted by molar-refractivity contribution is 9.10. The van der Waals surface area contributed by atoms with Crippen LogP contribution in [0.1, 0.15) is 25.6 Å². The van der Waals surface area contributed by atoms with Crippen molar-refractivity contribution in [2.45, 2.75) is 38.3 Å². The van der Waals surface area contributed by atoms with Crippen LogP contribution in [0.3, 0.4) is 0 Å². The Balaban J connectivity index is 1.45. The maximum absolute atomic E-state index is 14.8. The minimum Gasteiger partial charge on any atom is -0.441 e. The molecule has 1 fully saturated rings. The van der Waals surface area contributed by atoms with E-state index in [4.69, 9.17) is 9.47 Å². The van der Waals surface area contributed by atoms with E-state index in [1.807, 2.05) is 0 Å². The number of halogens is 2. The number of fused-ring (bicyclic) bond motifs is 1. The van der Waals surface area contributed by atoms with E-state index >= 15 is 0 Å².